The number of anilines is 1. The summed E-state index contributed by atoms with van der Waals surface area (Å²) in [6.45, 7) is 5.05. The van der Waals surface area contributed by atoms with Crippen LogP contribution >= 0.6 is 0 Å². The van der Waals surface area contributed by atoms with Crippen LogP contribution in [-0.4, -0.2) is 42.0 Å². The zero-order valence-corrected chi connectivity index (χ0v) is 11.2. The van der Waals surface area contributed by atoms with Crippen LogP contribution < -0.4 is 5.32 Å². The molecule has 1 amide bonds. The maximum Gasteiger partial charge on any atom is 0.270 e. The molecule has 0 bridgehead atoms. The van der Waals surface area contributed by atoms with Gasteiger partial charge in [0.05, 0.1) is 12.7 Å². The van der Waals surface area contributed by atoms with E-state index in [1.165, 1.54) is 0 Å². The lowest BCUT2D eigenvalue weighted by atomic mass is 10.2. The van der Waals surface area contributed by atoms with Crippen molar-refractivity contribution in [2.45, 2.75) is 38.7 Å². The number of carbonyl (C=O) groups excluding carboxylic acids is 1. The van der Waals surface area contributed by atoms with E-state index in [0.29, 0.717) is 12.5 Å². The molecule has 1 fully saturated rings. The van der Waals surface area contributed by atoms with Gasteiger partial charge < -0.3 is 14.0 Å². The standard InChI is InChI=1S/C12H19N3O4/c1-8(2)11-14-12(15-19-11)13-10(16)7-17-6-9-4-3-5-18-9/h8-9H,3-7H2,1-2H3,(H,13,15,16). The van der Waals surface area contributed by atoms with Crippen molar-refractivity contribution < 1.29 is 18.8 Å². The molecule has 1 aliphatic heterocycles. The van der Waals surface area contributed by atoms with Gasteiger partial charge in [0.15, 0.2) is 0 Å². The van der Waals surface area contributed by atoms with Crippen molar-refractivity contribution in [1.82, 2.24) is 10.1 Å². The molecule has 2 heterocycles. The van der Waals surface area contributed by atoms with E-state index in [0.717, 1.165) is 19.4 Å². The third kappa shape index (κ3) is 4.29. The van der Waals surface area contributed by atoms with Crippen LogP contribution in [0, 0.1) is 0 Å². The van der Waals surface area contributed by atoms with Crippen molar-refractivity contribution in [1.29, 1.82) is 0 Å². The Kier molecular flexibility index (Phi) is 4.86. The van der Waals surface area contributed by atoms with E-state index in [2.05, 4.69) is 15.5 Å². The lowest BCUT2D eigenvalue weighted by molar-refractivity contribution is -0.121. The van der Waals surface area contributed by atoms with Crippen LogP contribution in [-0.2, 0) is 14.3 Å². The Morgan fingerprint density at radius 2 is 2.42 bits per heavy atom. The highest BCUT2D eigenvalue weighted by Crippen LogP contribution is 2.13. The fourth-order valence-electron chi connectivity index (χ4n) is 1.74. The third-order valence-corrected chi connectivity index (χ3v) is 2.75. The summed E-state index contributed by atoms with van der Waals surface area (Å²) in [5.41, 5.74) is 0. The normalized spacial score (nSPS) is 19.0. The summed E-state index contributed by atoms with van der Waals surface area (Å²) in [6, 6.07) is 0. The Balaban J connectivity index is 1.68. The van der Waals surface area contributed by atoms with Gasteiger partial charge in [0.25, 0.3) is 11.9 Å². The van der Waals surface area contributed by atoms with Crippen molar-refractivity contribution in [3.63, 3.8) is 0 Å². The summed E-state index contributed by atoms with van der Waals surface area (Å²) >= 11 is 0. The first-order chi connectivity index (χ1) is 9.15. The molecular weight excluding hydrogens is 250 g/mol. The molecular formula is C12H19N3O4. The summed E-state index contributed by atoms with van der Waals surface area (Å²) in [7, 11) is 0. The van der Waals surface area contributed by atoms with Gasteiger partial charge in [-0.25, -0.2) is 0 Å². The van der Waals surface area contributed by atoms with Crippen molar-refractivity contribution in [2.24, 2.45) is 0 Å². The molecule has 0 saturated carbocycles. The summed E-state index contributed by atoms with van der Waals surface area (Å²) in [5, 5.41) is 6.19. The van der Waals surface area contributed by atoms with Gasteiger partial charge in [0.2, 0.25) is 5.89 Å². The average molecular weight is 269 g/mol. The van der Waals surface area contributed by atoms with Crippen LogP contribution in [0.5, 0.6) is 0 Å². The molecule has 1 aliphatic rings. The lowest BCUT2D eigenvalue weighted by Crippen LogP contribution is -2.23. The van der Waals surface area contributed by atoms with Gasteiger partial charge in [-0.15, -0.1) is 0 Å². The molecule has 0 radical (unpaired) electrons. The van der Waals surface area contributed by atoms with Gasteiger partial charge in [-0.05, 0) is 18.0 Å². The molecule has 1 saturated heterocycles. The Morgan fingerprint density at radius 1 is 1.58 bits per heavy atom. The molecule has 1 atom stereocenters. The number of amides is 1. The van der Waals surface area contributed by atoms with Crippen molar-refractivity contribution in [3.05, 3.63) is 5.89 Å². The second-order valence-corrected chi connectivity index (χ2v) is 4.81. The molecule has 0 spiro atoms. The van der Waals surface area contributed by atoms with E-state index in [1.54, 1.807) is 0 Å². The van der Waals surface area contributed by atoms with Gasteiger partial charge in [-0.1, -0.05) is 13.8 Å². The Labute approximate surface area is 111 Å². The fraction of sp³-hybridized carbons (Fsp3) is 0.750. The van der Waals surface area contributed by atoms with Crippen molar-refractivity contribution >= 4 is 11.9 Å². The van der Waals surface area contributed by atoms with Gasteiger partial charge in [0.1, 0.15) is 6.61 Å². The highest BCUT2D eigenvalue weighted by Gasteiger charge is 2.16. The summed E-state index contributed by atoms with van der Waals surface area (Å²) < 4.78 is 15.6. The van der Waals surface area contributed by atoms with Gasteiger partial charge in [0, 0.05) is 12.5 Å². The summed E-state index contributed by atoms with van der Waals surface area (Å²) in [6.07, 6.45) is 2.16. The summed E-state index contributed by atoms with van der Waals surface area (Å²) in [4.78, 5) is 15.6. The molecule has 1 aromatic rings. The molecule has 7 heteroatoms. The Hall–Kier alpha value is -1.47. The van der Waals surface area contributed by atoms with Gasteiger partial charge >= 0.3 is 0 Å². The summed E-state index contributed by atoms with van der Waals surface area (Å²) in [5.74, 6) is 0.507. The first-order valence-corrected chi connectivity index (χ1v) is 6.48. The number of hydrogen-bond acceptors (Lipinski definition) is 6. The predicted molar refractivity (Wildman–Crippen MR) is 66.8 cm³/mol. The highest BCUT2D eigenvalue weighted by molar-refractivity contribution is 5.89. The SMILES string of the molecule is CC(C)c1nc(NC(=O)COCC2CCCO2)no1. The maximum atomic E-state index is 11.6. The van der Waals surface area contributed by atoms with E-state index in [1.807, 2.05) is 13.8 Å². The van der Waals surface area contributed by atoms with Crippen LogP contribution in [0.25, 0.3) is 0 Å². The van der Waals surface area contributed by atoms with Crippen molar-refractivity contribution in [2.75, 3.05) is 25.1 Å². The van der Waals surface area contributed by atoms with E-state index in [-0.39, 0.29) is 30.5 Å². The van der Waals surface area contributed by atoms with Crippen LogP contribution in [0.3, 0.4) is 0 Å². The number of hydrogen-bond donors (Lipinski definition) is 1. The quantitative estimate of drug-likeness (QED) is 0.838. The number of aromatic nitrogens is 2. The predicted octanol–water partition coefficient (Wildman–Crippen LogP) is 1.33. The molecule has 2 rings (SSSR count). The minimum atomic E-state index is -0.297. The molecule has 0 aliphatic carbocycles. The van der Waals surface area contributed by atoms with Crippen LogP contribution in [0.15, 0.2) is 4.52 Å². The monoisotopic (exact) mass is 269 g/mol. The van der Waals surface area contributed by atoms with E-state index >= 15 is 0 Å². The number of nitrogens with zero attached hydrogens (tertiary/aromatic N) is 2. The number of carbonyl (C=O) groups is 1. The molecule has 0 aromatic carbocycles. The zero-order valence-electron chi connectivity index (χ0n) is 11.2. The zero-order chi connectivity index (χ0) is 13.7. The van der Waals surface area contributed by atoms with Gasteiger partial charge in [-0.2, -0.15) is 4.98 Å². The molecule has 1 N–H and O–H groups in total. The minimum absolute atomic E-state index is 0.0363. The third-order valence-electron chi connectivity index (χ3n) is 2.75. The first-order valence-electron chi connectivity index (χ1n) is 6.48. The topological polar surface area (TPSA) is 86.5 Å². The largest absolute Gasteiger partial charge is 0.376 e. The smallest absolute Gasteiger partial charge is 0.270 e. The van der Waals surface area contributed by atoms with E-state index in [4.69, 9.17) is 14.0 Å². The van der Waals surface area contributed by atoms with E-state index in [9.17, 15) is 4.79 Å². The number of ether oxygens (including phenoxy) is 2. The second kappa shape index (κ2) is 6.63. The molecule has 7 nitrogen and oxygen atoms in total. The van der Waals surface area contributed by atoms with E-state index < -0.39 is 0 Å². The first kappa shape index (κ1) is 14.0. The average Bonchev–Trinajstić information content (AvgIpc) is 3.00. The second-order valence-electron chi connectivity index (χ2n) is 4.81. The lowest BCUT2D eigenvalue weighted by Gasteiger charge is -2.09. The Bertz CT molecular complexity index is 413. The molecule has 1 unspecified atom stereocenters. The molecule has 19 heavy (non-hydrogen) atoms. The van der Waals surface area contributed by atoms with Crippen LogP contribution in [0.1, 0.15) is 38.5 Å². The van der Waals surface area contributed by atoms with Crippen LogP contribution in [0.2, 0.25) is 0 Å². The maximum absolute atomic E-state index is 11.6. The Morgan fingerprint density at radius 3 is 3.05 bits per heavy atom. The fourth-order valence-corrected chi connectivity index (χ4v) is 1.74. The highest BCUT2D eigenvalue weighted by atomic mass is 16.5. The van der Waals surface area contributed by atoms with Crippen LogP contribution in [0.4, 0.5) is 5.95 Å². The number of nitrogens with one attached hydrogen (secondary N) is 1. The number of rotatable bonds is 6. The van der Waals surface area contributed by atoms with Crippen molar-refractivity contribution in [3.8, 4) is 0 Å². The minimum Gasteiger partial charge on any atom is -0.376 e. The molecule has 1 aromatic heterocycles. The van der Waals surface area contributed by atoms with Gasteiger partial charge in [-0.3, -0.25) is 10.1 Å². The molecule has 106 valence electrons.